The minimum Gasteiger partial charge on any atom is -0.399 e. The number of carbonyl (C=O) groups is 1. The van der Waals surface area contributed by atoms with Gasteiger partial charge < -0.3 is 11.1 Å². The number of nitrogens with one attached hydrogen (secondary N) is 1. The van der Waals surface area contributed by atoms with Crippen molar-refractivity contribution in [1.82, 2.24) is 5.32 Å². The molecule has 16 heavy (non-hydrogen) atoms. The third kappa shape index (κ3) is 3.32. The van der Waals surface area contributed by atoms with Gasteiger partial charge in [-0.2, -0.15) is 0 Å². The molecule has 0 spiro atoms. The maximum Gasteiger partial charge on any atom is 0.251 e. The highest BCUT2D eigenvalue weighted by Gasteiger charge is 2.07. The van der Waals surface area contributed by atoms with Gasteiger partial charge in [-0.05, 0) is 37.1 Å². The molecule has 0 saturated heterocycles. The van der Waals surface area contributed by atoms with Crippen LogP contribution in [0.15, 0.2) is 18.2 Å². The molecule has 0 saturated carbocycles. The van der Waals surface area contributed by atoms with Crippen LogP contribution >= 0.6 is 0 Å². The van der Waals surface area contributed by atoms with Crippen LogP contribution in [0.5, 0.6) is 0 Å². The maximum absolute atomic E-state index is 11.7. The number of amides is 1. The van der Waals surface area contributed by atoms with Crippen molar-refractivity contribution in [2.24, 2.45) is 0 Å². The van der Waals surface area contributed by atoms with E-state index in [1.807, 2.05) is 6.92 Å². The first-order valence-corrected chi connectivity index (χ1v) is 5.23. The number of carbonyl (C=O) groups excluding carboxylic acids is 1. The molecule has 1 rings (SSSR count). The lowest BCUT2D eigenvalue weighted by Gasteiger charge is -2.07. The Bertz CT molecular complexity index is 418. The molecule has 0 aliphatic heterocycles. The van der Waals surface area contributed by atoms with E-state index in [0.29, 0.717) is 24.2 Å². The van der Waals surface area contributed by atoms with Gasteiger partial charge in [0.15, 0.2) is 0 Å². The molecule has 0 aliphatic carbocycles. The van der Waals surface area contributed by atoms with E-state index in [0.717, 1.165) is 12.0 Å². The number of hydrogen-bond donors (Lipinski definition) is 2. The first-order chi connectivity index (χ1) is 7.65. The van der Waals surface area contributed by atoms with Crippen molar-refractivity contribution < 1.29 is 4.79 Å². The number of hydrogen-bond acceptors (Lipinski definition) is 2. The van der Waals surface area contributed by atoms with E-state index in [4.69, 9.17) is 12.2 Å². The van der Waals surface area contributed by atoms with Crippen LogP contribution in [0.3, 0.4) is 0 Å². The van der Waals surface area contributed by atoms with Gasteiger partial charge in [-0.1, -0.05) is 0 Å². The molecule has 0 atom stereocenters. The summed E-state index contributed by atoms with van der Waals surface area (Å²) in [6.45, 7) is 2.47. The third-order valence-electron chi connectivity index (χ3n) is 2.28. The molecule has 3 N–H and O–H groups in total. The van der Waals surface area contributed by atoms with Crippen LogP contribution in [0.1, 0.15) is 28.8 Å². The normalized spacial score (nSPS) is 9.50. The Morgan fingerprint density at radius 3 is 2.94 bits per heavy atom. The molecule has 3 heteroatoms. The zero-order valence-corrected chi connectivity index (χ0v) is 9.42. The SMILES string of the molecule is C#CCCCNC(=O)c1ccc(N)cc1C. The Labute approximate surface area is 96.0 Å². The molecule has 0 heterocycles. The van der Waals surface area contributed by atoms with Crippen LogP contribution in [-0.2, 0) is 0 Å². The Hall–Kier alpha value is -1.95. The van der Waals surface area contributed by atoms with Crippen molar-refractivity contribution in [3.63, 3.8) is 0 Å². The van der Waals surface area contributed by atoms with Crippen molar-refractivity contribution in [3.05, 3.63) is 29.3 Å². The molecule has 0 radical (unpaired) electrons. The van der Waals surface area contributed by atoms with E-state index < -0.39 is 0 Å². The lowest BCUT2D eigenvalue weighted by Crippen LogP contribution is -2.25. The van der Waals surface area contributed by atoms with E-state index in [2.05, 4.69) is 11.2 Å². The predicted molar refractivity (Wildman–Crippen MR) is 66.0 cm³/mol. The van der Waals surface area contributed by atoms with Gasteiger partial charge in [-0.3, -0.25) is 4.79 Å². The minimum absolute atomic E-state index is 0.0745. The molecular weight excluding hydrogens is 200 g/mol. The summed E-state index contributed by atoms with van der Waals surface area (Å²) >= 11 is 0. The lowest BCUT2D eigenvalue weighted by molar-refractivity contribution is 0.0953. The van der Waals surface area contributed by atoms with Gasteiger partial charge in [-0.15, -0.1) is 12.3 Å². The van der Waals surface area contributed by atoms with Crippen LogP contribution in [0.25, 0.3) is 0 Å². The lowest BCUT2D eigenvalue weighted by atomic mass is 10.1. The van der Waals surface area contributed by atoms with E-state index in [1.165, 1.54) is 0 Å². The average molecular weight is 216 g/mol. The number of benzene rings is 1. The summed E-state index contributed by atoms with van der Waals surface area (Å²) in [4.78, 5) is 11.7. The largest absolute Gasteiger partial charge is 0.399 e. The number of terminal acetylenes is 1. The van der Waals surface area contributed by atoms with Gasteiger partial charge in [0.2, 0.25) is 0 Å². The topological polar surface area (TPSA) is 55.1 Å². The second-order valence-corrected chi connectivity index (χ2v) is 3.64. The molecule has 0 bridgehead atoms. The van der Waals surface area contributed by atoms with Gasteiger partial charge in [0.25, 0.3) is 5.91 Å². The molecule has 3 nitrogen and oxygen atoms in total. The third-order valence-corrected chi connectivity index (χ3v) is 2.28. The molecule has 1 amide bonds. The monoisotopic (exact) mass is 216 g/mol. The van der Waals surface area contributed by atoms with Crippen LogP contribution in [0.4, 0.5) is 5.69 Å². The minimum atomic E-state index is -0.0745. The molecular formula is C13H16N2O. The van der Waals surface area contributed by atoms with Crippen LogP contribution in [0.2, 0.25) is 0 Å². The number of nitrogen functional groups attached to an aromatic ring is 1. The number of unbranched alkanes of at least 4 members (excludes halogenated alkanes) is 1. The zero-order valence-electron chi connectivity index (χ0n) is 9.42. The van der Waals surface area contributed by atoms with Crippen LogP contribution in [0, 0.1) is 19.3 Å². The predicted octanol–water partition coefficient (Wildman–Crippen LogP) is 1.72. The van der Waals surface area contributed by atoms with Gasteiger partial charge in [0.1, 0.15) is 0 Å². The molecule has 0 fully saturated rings. The highest BCUT2D eigenvalue weighted by atomic mass is 16.1. The Balaban J connectivity index is 2.57. The van der Waals surface area contributed by atoms with Gasteiger partial charge in [0, 0.05) is 24.2 Å². The van der Waals surface area contributed by atoms with Crippen molar-refractivity contribution in [1.29, 1.82) is 0 Å². The summed E-state index contributed by atoms with van der Waals surface area (Å²) in [5.74, 6) is 2.46. The Kier molecular flexibility index (Phi) is 4.41. The summed E-state index contributed by atoms with van der Waals surface area (Å²) in [5.41, 5.74) is 7.83. The first-order valence-electron chi connectivity index (χ1n) is 5.23. The highest BCUT2D eigenvalue weighted by molar-refractivity contribution is 5.95. The number of aryl methyl sites for hydroxylation is 1. The standard InChI is InChI=1S/C13H16N2O/c1-3-4-5-8-15-13(16)12-7-6-11(14)9-10(12)2/h1,6-7,9H,4-5,8,14H2,2H3,(H,15,16). The van der Waals surface area contributed by atoms with E-state index >= 15 is 0 Å². The molecule has 0 unspecified atom stereocenters. The number of rotatable bonds is 4. The highest BCUT2D eigenvalue weighted by Crippen LogP contribution is 2.12. The molecule has 1 aromatic rings. The fourth-order valence-electron chi connectivity index (χ4n) is 1.43. The summed E-state index contributed by atoms with van der Waals surface area (Å²) in [7, 11) is 0. The van der Waals surface area contributed by atoms with E-state index in [1.54, 1.807) is 18.2 Å². The van der Waals surface area contributed by atoms with Crippen LogP contribution in [-0.4, -0.2) is 12.5 Å². The van der Waals surface area contributed by atoms with Crippen molar-refractivity contribution in [2.45, 2.75) is 19.8 Å². The Morgan fingerprint density at radius 2 is 2.31 bits per heavy atom. The summed E-state index contributed by atoms with van der Waals surface area (Å²) < 4.78 is 0. The number of nitrogens with two attached hydrogens (primary N) is 1. The quantitative estimate of drug-likeness (QED) is 0.457. The summed E-state index contributed by atoms with van der Waals surface area (Å²) in [6.07, 6.45) is 6.60. The van der Waals surface area contributed by atoms with Crippen LogP contribution < -0.4 is 11.1 Å². The fourth-order valence-corrected chi connectivity index (χ4v) is 1.43. The van der Waals surface area contributed by atoms with Gasteiger partial charge in [0.05, 0.1) is 0 Å². The Morgan fingerprint density at radius 1 is 1.56 bits per heavy atom. The van der Waals surface area contributed by atoms with Crippen molar-refractivity contribution >= 4 is 11.6 Å². The smallest absolute Gasteiger partial charge is 0.251 e. The molecule has 0 aromatic heterocycles. The summed E-state index contributed by atoms with van der Waals surface area (Å²) in [6, 6.07) is 5.25. The number of anilines is 1. The molecule has 1 aromatic carbocycles. The average Bonchev–Trinajstić information content (AvgIpc) is 2.24. The fraction of sp³-hybridized carbons (Fsp3) is 0.308. The van der Waals surface area contributed by atoms with E-state index in [-0.39, 0.29) is 5.91 Å². The zero-order chi connectivity index (χ0) is 12.0. The van der Waals surface area contributed by atoms with Gasteiger partial charge >= 0.3 is 0 Å². The van der Waals surface area contributed by atoms with Crippen molar-refractivity contribution in [3.8, 4) is 12.3 Å². The second-order valence-electron chi connectivity index (χ2n) is 3.64. The van der Waals surface area contributed by atoms with E-state index in [9.17, 15) is 4.79 Å². The van der Waals surface area contributed by atoms with Crippen molar-refractivity contribution in [2.75, 3.05) is 12.3 Å². The molecule has 0 aliphatic rings. The second kappa shape index (κ2) is 5.82. The molecule has 84 valence electrons. The van der Waals surface area contributed by atoms with Gasteiger partial charge in [-0.25, -0.2) is 0 Å². The maximum atomic E-state index is 11.7. The first kappa shape index (κ1) is 12.1. The summed E-state index contributed by atoms with van der Waals surface area (Å²) in [5, 5.41) is 2.82.